The first kappa shape index (κ1) is 14.3. The highest BCUT2D eigenvalue weighted by atomic mass is 16.5. The molecule has 3 N–H and O–H groups in total. The largest absolute Gasteiger partial charge is 0.375 e. The van der Waals surface area contributed by atoms with Gasteiger partial charge in [0.2, 0.25) is 0 Å². The predicted octanol–water partition coefficient (Wildman–Crippen LogP) is 1.68. The van der Waals surface area contributed by atoms with Crippen molar-refractivity contribution in [2.45, 2.75) is 13.5 Å². The Morgan fingerprint density at radius 3 is 2.78 bits per heavy atom. The fourth-order valence-corrected chi connectivity index (χ4v) is 1.29. The lowest BCUT2D eigenvalue weighted by Gasteiger charge is -2.07. The van der Waals surface area contributed by atoms with Gasteiger partial charge in [0.05, 0.1) is 19.8 Å². The first-order chi connectivity index (χ1) is 8.68. The molecule has 0 atom stereocenters. The van der Waals surface area contributed by atoms with Gasteiger partial charge in [-0.05, 0) is 12.5 Å². The highest BCUT2D eigenvalue weighted by molar-refractivity contribution is 5.77. The van der Waals surface area contributed by atoms with Gasteiger partial charge in [0, 0.05) is 6.54 Å². The SMILES string of the molecule is C=C(C)CN=C(N)NCCOCc1ccccc1. The van der Waals surface area contributed by atoms with E-state index in [2.05, 4.69) is 16.9 Å². The van der Waals surface area contributed by atoms with Crippen LogP contribution >= 0.6 is 0 Å². The van der Waals surface area contributed by atoms with Crippen molar-refractivity contribution in [1.29, 1.82) is 0 Å². The average molecular weight is 247 g/mol. The number of benzene rings is 1. The van der Waals surface area contributed by atoms with Crippen LogP contribution in [0.4, 0.5) is 0 Å². The summed E-state index contributed by atoms with van der Waals surface area (Å²) in [5.41, 5.74) is 7.81. The Morgan fingerprint density at radius 1 is 1.39 bits per heavy atom. The fraction of sp³-hybridized carbons (Fsp3) is 0.357. The summed E-state index contributed by atoms with van der Waals surface area (Å²) in [7, 11) is 0. The molecule has 0 saturated carbocycles. The van der Waals surface area contributed by atoms with Crippen molar-refractivity contribution in [3.05, 3.63) is 48.0 Å². The zero-order valence-corrected chi connectivity index (χ0v) is 10.9. The van der Waals surface area contributed by atoms with Gasteiger partial charge < -0.3 is 15.8 Å². The summed E-state index contributed by atoms with van der Waals surface area (Å²) in [5.74, 6) is 0.432. The summed E-state index contributed by atoms with van der Waals surface area (Å²) in [6.45, 7) is 8.09. The van der Waals surface area contributed by atoms with Crippen LogP contribution < -0.4 is 11.1 Å². The van der Waals surface area contributed by atoms with Crippen molar-refractivity contribution >= 4 is 5.96 Å². The van der Waals surface area contributed by atoms with Crippen LogP contribution in [0.1, 0.15) is 12.5 Å². The molecule has 0 heterocycles. The Balaban J connectivity index is 2.08. The Bertz CT molecular complexity index is 387. The highest BCUT2D eigenvalue weighted by Crippen LogP contribution is 1.99. The van der Waals surface area contributed by atoms with Gasteiger partial charge in [0.15, 0.2) is 5.96 Å². The third-order valence-electron chi connectivity index (χ3n) is 2.18. The lowest BCUT2D eigenvalue weighted by atomic mass is 10.2. The second-order valence-corrected chi connectivity index (χ2v) is 4.12. The maximum absolute atomic E-state index is 5.66. The van der Waals surface area contributed by atoms with Crippen molar-refractivity contribution < 1.29 is 4.74 Å². The van der Waals surface area contributed by atoms with E-state index >= 15 is 0 Å². The maximum atomic E-state index is 5.66. The summed E-state index contributed by atoms with van der Waals surface area (Å²) >= 11 is 0. The van der Waals surface area contributed by atoms with Crippen LogP contribution in [0, 0.1) is 0 Å². The minimum atomic E-state index is 0.432. The Hall–Kier alpha value is -1.81. The molecule has 98 valence electrons. The van der Waals surface area contributed by atoms with Gasteiger partial charge in [-0.2, -0.15) is 0 Å². The van der Waals surface area contributed by atoms with E-state index in [0.717, 1.165) is 5.57 Å². The lowest BCUT2D eigenvalue weighted by Crippen LogP contribution is -2.34. The maximum Gasteiger partial charge on any atom is 0.188 e. The number of hydrogen-bond acceptors (Lipinski definition) is 2. The lowest BCUT2D eigenvalue weighted by molar-refractivity contribution is 0.125. The standard InChI is InChI=1S/C14H21N3O/c1-12(2)10-17-14(15)16-8-9-18-11-13-6-4-3-5-7-13/h3-7H,1,8-11H2,2H3,(H3,15,16,17). The molecule has 4 heteroatoms. The molecule has 0 amide bonds. The van der Waals surface area contributed by atoms with Crippen LogP contribution in [0.5, 0.6) is 0 Å². The molecule has 0 radical (unpaired) electrons. The molecule has 1 aromatic carbocycles. The molecule has 0 aromatic heterocycles. The number of aliphatic imine (C=N–C) groups is 1. The van der Waals surface area contributed by atoms with Gasteiger partial charge in [-0.15, -0.1) is 0 Å². The molecule has 1 rings (SSSR count). The third-order valence-corrected chi connectivity index (χ3v) is 2.18. The van der Waals surface area contributed by atoms with E-state index in [9.17, 15) is 0 Å². The van der Waals surface area contributed by atoms with Crippen molar-refractivity contribution in [2.24, 2.45) is 10.7 Å². The predicted molar refractivity (Wildman–Crippen MR) is 75.4 cm³/mol. The van der Waals surface area contributed by atoms with Gasteiger partial charge >= 0.3 is 0 Å². The van der Waals surface area contributed by atoms with Crippen molar-refractivity contribution in [2.75, 3.05) is 19.7 Å². The summed E-state index contributed by atoms with van der Waals surface area (Å²) in [6.07, 6.45) is 0. The molecule has 0 fully saturated rings. The van der Waals surface area contributed by atoms with E-state index in [1.807, 2.05) is 37.3 Å². The van der Waals surface area contributed by atoms with Crippen LogP contribution in [0.15, 0.2) is 47.5 Å². The molecule has 0 unspecified atom stereocenters. The number of nitrogens with two attached hydrogens (primary N) is 1. The van der Waals surface area contributed by atoms with Crippen molar-refractivity contribution in [1.82, 2.24) is 5.32 Å². The topological polar surface area (TPSA) is 59.6 Å². The summed E-state index contributed by atoms with van der Waals surface area (Å²) in [4.78, 5) is 4.11. The normalized spacial score (nSPS) is 11.3. The van der Waals surface area contributed by atoms with Gasteiger partial charge in [0.25, 0.3) is 0 Å². The second-order valence-electron chi connectivity index (χ2n) is 4.12. The molecule has 0 spiro atoms. The molecule has 4 nitrogen and oxygen atoms in total. The molecular formula is C14H21N3O. The van der Waals surface area contributed by atoms with Crippen LogP contribution in [0.3, 0.4) is 0 Å². The zero-order chi connectivity index (χ0) is 13.2. The minimum Gasteiger partial charge on any atom is -0.375 e. The van der Waals surface area contributed by atoms with Gasteiger partial charge in [-0.1, -0.05) is 42.5 Å². The smallest absolute Gasteiger partial charge is 0.188 e. The Morgan fingerprint density at radius 2 is 2.11 bits per heavy atom. The van der Waals surface area contributed by atoms with Crippen LogP contribution in [-0.4, -0.2) is 25.7 Å². The van der Waals surface area contributed by atoms with E-state index in [1.54, 1.807) is 0 Å². The molecular weight excluding hydrogens is 226 g/mol. The molecule has 1 aromatic rings. The number of guanidine groups is 1. The first-order valence-corrected chi connectivity index (χ1v) is 5.98. The van der Waals surface area contributed by atoms with Gasteiger partial charge in [-0.25, -0.2) is 4.99 Å². The molecule has 0 saturated heterocycles. The average Bonchev–Trinajstić information content (AvgIpc) is 2.37. The van der Waals surface area contributed by atoms with Crippen LogP contribution in [0.25, 0.3) is 0 Å². The summed E-state index contributed by atoms with van der Waals surface area (Å²) < 4.78 is 5.51. The molecule has 0 aliphatic rings. The van der Waals surface area contributed by atoms with Gasteiger partial charge in [-0.3, -0.25) is 0 Å². The van der Waals surface area contributed by atoms with Crippen LogP contribution in [-0.2, 0) is 11.3 Å². The van der Waals surface area contributed by atoms with E-state index in [-0.39, 0.29) is 0 Å². The number of ether oxygens (including phenoxy) is 1. The van der Waals surface area contributed by atoms with Gasteiger partial charge in [0.1, 0.15) is 0 Å². The van der Waals surface area contributed by atoms with E-state index in [1.165, 1.54) is 5.56 Å². The first-order valence-electron chi connectivity index (χ1n) is 5.98. The van der Waals surface area contributed by atoms with Crippen LogP contribution in [0.2, 0.25) is 0 Å². The Kier molecular flexibility index (Phi) is 6.58. The Labute approximate surface area is 109 Å². The fourth-order valence-electron chi connectivity index (χ4n) is 1.29. The highest BCUT2D eigenvalue weighted by Gasteiger charge is 1.93. The quantitative estimate of drug-likeness (QED) is 0.333. The molecule has 0 aliphatic heterocycles. The van der Waals surface area contributed by atoms with E-state index < -0.39 is 0 Å². The number of nitrogens with one attached hydrogen (secondary N) is 1. The molecule has 0 aliphatic carbocycles. The molecule has 0 bridgehead atoms. The van der Waals surface area contributed by atoms with Crippen molar-refractivity contribution in [3.63, 3.8) is 0 Å². The van der Waals surface area contributed by atoms with E-state index in [0.29, 0.717) is 32.3 Å². The zero-order valence-electron chi connectivity index (χ0n) is 10.9. The van der Waals surface area contributed by atoms with Crippen molar-refractivity contribution in [3.8, 4) is 0 Å². The summed E-state index contributed by atoms with van der Waals surface area (Å²) in [5, 5.41) is 2.99. The number of rotatable bonds is 7. The molecule has 18 heavy (non-hydrogen) atoms. The second kappa shape index (κ2) is 8.31. The minimum absolute atomic E-state index is 0.432. The van der Waals surface area contributed by atoms with E-state index in [4.69, 9.17) is 10.5 Å². The monoisotopic (exact) mass is 247 g/mol. The number of hydrogen-bond donors (Lipinski definition) is 2. The number of nitrogens with zero attached hydrogens (tertiary/aromatic N) is 1. The third kappa shape index (κ3) is 6.70. The summed E-state index contributed by atoms with van der Waals surface area (Å²) in [6, 6.07) is 10.1.